The number of hydrogen-bond acceptors (Lipinski definition) is 8. The first kappa shape index (κ1) is 28.5. The number of pyridine rings is 3. The molecule has 1 N–H and O–H groups in total. The molecule has 14 heteroatoms. The van der Waals surface area contributed by atoms with Crippen molar-refractivity contribution in [1.82, 2.24) is 19.9 Å². The molecule has 39 heavy (non-hydrogen) atoms. The predicted octanol–water partition coefficient (Wildman–Crippen LogP) is 4.28. The van der Waals surface area contributed by atoms with Gasteiger partial charge in [-0.1, -0.05) is 0 Å². The van der Waals surface area contributed by atoms with Crippen molar-refractivity contribution < 1.29 is 35.5 Å². The lowest BCUT2D eigenvalue weighted by atomic mass is 9.98. The molecule has 0 amide bonds. The fourth-order valence-corrected chi connectivity index (χ4v) is 4.62. The van der Waals surface area contributed by atoms with Crippen LogP contribution in [0.4, 0.5) is 23.2 Å². The fraction of sp³-hybridized carbons (Fsp3) is 0.400. The second kappa shape index (κ2) is 12.1. The van der Waals surface area contributed by atoms with Gasteiger partial charge in [-0.05, 0) is 61.7 Å². The van der Waals surface area contributed by atoms with E-state index in [0.717, 1.165) is 11.8 Å². The number of halogens is 4. The Morgan fingerprint density at radius 2 is 1.82 bits per heavy atom. The molecule has 210 valence electrons. The van der Waals surface area contributed by atoms with Crippen LogP contribution in [-0.4, -0.2) is 66.9 Å². The van der Waals surface area contributed by atoms with Crippen molar-refractivity contribution in [2.24, 2.45) is 5.92 Å². The van der Waals surface area contributed by atoms with Gasteiger partial charge in [-0.3, -0.25) is 14.6 Å². The Bertz CT molecular complexity index is 1370. The quantitative estimate of drug-likeness (QED) is 0.361. The first-order valence-electron chi connectivity index (χ1n) is 12.0. The maximum atomic E-state index is 14.7. The van der Waals surface area contributed by atoms with Crippen LogP contribution in [0.2, 0.25) is 0 Å². The molecular formula is C25H27F4N5O4S. The molecule has 4 rings (SSSR count). The first-order valence-corrected chi connectivity index (χ1v) is 13.9. The van der Waals surface area contributed by atoms with Crippen LogP contribution in [-0.2, 0) is 16.6 Å². The van der Waals surface area contributed by atoms with E-state index in [-0.39, 0.29) is 47.8 Å². The van der Waals surface area contributed by atoms with E-state index < -0.39 is 28.6 Å². The molecule has 1 saturated heterocycles. The van der Waals surface area contributed by atoms with Crippen LogP contribution in [0.3, 0.4) is 0 Å². The van der Waals surface area contributed by atoms with Crippen LogP contribution >= 0.6 is 0 Å². The van der Waals surface area contributed by atoms with Crippen molar-refractivity contribution in [3.63, 3.8) is 0 Å². The van der Waals surface area contributed by atoms with Crippen molar-refractivity contribution in [2.75, 3.05) is 37.2 Å². The molecule has 0 atom stereocenters. The molecule has 0 bridgehead atoms. The van der Waals surface area contributed by atoms with Crippen molar-refractivity contribution in [3.8, 4) is 23.0 Å². The third-order valence-electron chi connectivity index (χ3n) is 5.94. The molecule has 0 spiro atoms. The van der Waals surface area contributed by atoms with Gasteiger partial charge in [0.15, 0.2) is 0 Å². The van der Waals surface area contributed by atoms with Gasteiger partial charge in [-0.25, -0.2) is 22.8 Å². The van der Waals surface area contributed by atoms with Gasteiger partial charge in [0.25, 0.3) is 0 Å². The number of sulfonamides is 1. The number of likely N-dealkylation sites (tertiary alicyclic amines) is 1. The summed E-state index contributed by atoms with van der Waals surface area (Å²) in [5.41, 5.74) is 0.852. The Labute approximate surface area is 223 Å². The van der Waals surface area contributed by atoms with Crippen LogP contribution in [0, 0.1) is 11.7 Å². The summed E-state index contributed by atoms with van der Waals surface area (Å²) in [5.74, 6) is -0.528. The zero-order valence-corrected chi connectivity index (χ0v) is 21.8. The van der Waals surface area contributed by atoms with Gasteiger partial charge < -0.3 is 9.47 Å². The smallest absolute Gasteiger partial charge is 0.401 e. The molecule has 1 aliphatic heterocycles. The molecule has 0 saturated carbocycles. The SMILES string of the molecule is CS(=O)(=O)Nc1cc(-c2nc(OCC3CCN(CC(F)(F)F)CC3)ccc2F)cnc1OCc1ccncc1. The highest BCUT2D eigenvalue weighted by molar-refractivity contribution is 7.92. The molecule has 1 aliphatic rings. The van der Waals surface area contributed by atoms with E-state index in [1.165, 1.54) is 29.3 Å². The predicted molar refractivity (Wildman–Crippen MR) is 135 cm³/mol. The van der Waals surface area contributed by atoms with E-state index in [9.17, 15) is 26.0 Å². The molecule has 3 aromatic rings. The maximum Gasteiger partial charge on any atom is 0.401 e. The third kappa shape index (κ3) is 8.75. The van der Waals surface area contributed by atoms with Gasteiger partial charge in [0.1, 0.15) is 23.8 Å². The second-order valence-corrected chi connectivity index (χ2v) is 11.0. The highest BCUT2D eigenvalue weighted by atomic mass is 32.2. The standard InChI is InChI=1S/C25H27F4N5O4S/c1-39(35,36)33-21-12-19(13-31-24(21)38-15-17-4-8-30-9-5-17)23-20(26)2-3-22(32-23)37-14-18-6-10-34(11-7-18)16-25(27,28)29/h2-5,8-9,12-13,18,33H,6-7,10-11,14-16H2,1H3. The molecule has 0 aliphatic carbocycles. The summed E-state index contributed by atoms with van der Waals surface area (Å²) in [6.45, 7) is 0.0124. The summed E-state index contributed by atoms with van der Waals surface area (Å²) in [4.78, 5) is 13.7. The molecule has 9 nitrogen and oxygen atoms in total. The average molecular weight is 570 g/mol. The molecule has 0 unspecified atom stereocenters. The van der Waals surface area contributed by atoms with E-state index in [1.54, 1.807) is 24.5 Å². The molecule has 0 radical (unpaired) electrons. The van der Waals surface area contributed by atoms with Gasteiger partial charge in [0, 0.05) is 30.2 Å². The van der Waals surface area contributed by atoms with Gasteiger partial charge in [-0.15, -0.1) is 0 Å². The highest BCUT2D eigenvalue weighted by Crippen LogP contribution is 2.31. The van der Waals surface area contributed by atoms with Crippen molar-refractivity contribution in [1.29, 1.82) is 0 Å². The minimum Gasteiger partial charge on any atom is -0.477 e. The lowest BCUT2D eigenvalue weighted by Crippen LogP contribution is -2.41. The fourth-order valence-electron chi connectivity index (χ4n) is 4.08. The molecular weight excluding hydrogens is 542 g/mol. The Kier molecular flexibility index (Phi) is 8.85. The van der Waals surface area contributed by atoms with E-state index in [0.29, 0.717) is 25.9 Å². The maximum absolute atomic E-state index is 14.7. The largest absolute Gasteiger partial charge is 0.477 e. The number of piperidine rings is 1. The van der Waals surface area contributed by atoms with E-state index in [2.05, 4.69) is 19.7 Å². The number of hydrogen-bond donors (Lipinski definition) is 1. The third-order valence-corrected chi connectivity index (χ3v) is 6.53. The van der Waals surface area contributed by atoms with Gasteiger partial charge >= 0.3 is 6.18 Å². The highest BCUT2D eigenvalue weighted by Gasteiger charge is 2.32. The summed E-state index contributed by atoms with van der Waals surface area (Å²) >= 11 is 0. The summed E-state index contributed by atoms with van der Waals surface area (Å²) in [6, 6.07) is 7.35. The second-order valence-electron chi connectivity index (χ2n) is 9.22. The Balaban J connectivity index is 1.46. The normalized spacial score (nSPS) is 15.2. The van der Waals surface area contributed by atoms with Gasteiger partial charge in [0.05, 0.1) is 19.4 Å². The number of alkyl halides is 3. The van der Waals surface area contributed by atoms with Crippen molar-refractivity contribution in [2.45, 2.75) is 25.6 Å². The minimum absolute atomic E-state index is 0.00203. The Hall–Kier alpha value is -3.52. The number of anilines is 1. The van der Waals surface area contributed by atoms with E-state index in [4.69, 9.17) is 9.47 Å². The van der Waals surface area contributed by atoms with Crippen LogP contribution in [0.1, 0.15) is 18.4 Å². The number of aromatic nitrogens is 3. The number of nitrogens with zero attached hydrogens (tertiary/aromatic N) is 4. The lowest BCUT2D eigenvalue weighted by Gasteiger charge is -2.32. The number of nitrogens with one attached hydrogen (secondary N) is 1. The van der Waals surface area contributed by atoms with Gasteiger partial charge in [-0.2, -0.15) is 13.2 Å². The molecule has 3 aromatic heterocycles. The summed E-state index contributed by atoms with van der Waals surface area (Å²) in [5, 5.41) is 0. The van der Waals surface area contributed by atoms with Gasteiger partial charge in [0.2, 0.25) is 21.8 Å². The molecule has 4 heterocycles. The van der Waals surface area contributed by atoms with E-state index in [1.807, 2.05) is 0 Å². The first-order chi connectivity index (χ1) is 18.4. The average Bonchev–Trinajstić information content (AvgIpc) is 2.87. The monoisotopic (exact) mass is 569 g/mol. The molecule has 0 aromatic carbocycles. The number of rotatable bonds is 10. The lowest BCUT2D eigenvalue weighted by molar-refractivity contribution is -0.148. The van der Waals surface area contributed by atoms with Crippen molar-refractivity contribution in [3.05, 3.63) is 60.3 Å². The zero-order chi connectivity index (χ0) is 28.0. The van der Waals surface area contributed by atoms with Crippen LogP contribution in [0.15, 0.2) is 48.9 Å². The van der Waals surface area contributed by atoms with Crippen LogP contribution < -0.4 is 14.2 Å². The van der Waals surface area contributed by atoms with Crippen LogP contribution in [0.5, 0.6) is 11.8 Å². The summed E-state index contributed by atoms with van der Waals surface area (Å²) < 4.78 is 90.2. The van der Waals surface area contributed by atoms with Crippen LogP contribution in [0.25, 0.3) is 11.3 Å². The number of ether oxygens (including phenoxy) is 2. The minimum atomic E-state index is -4.23. The Morgan fingerprint density at radius 1 is 1.10 bits per heavy atom. The Morgan fingerprint density at radius 3 is 2.49 bits per heavy atom. The molecule has 1 fully saturated rings. The topological polar surface area (TPSA) is 107 Å². The van der Waals surface area contributed by atoms with E-state index >= 15 is 0 Å². The summed E-state index contributed by atoms with van der Waals surface area (Å²) in [6.07, 6.45) is 2.29. The summed E-state index contributed by atoms with van der Waals surface area (Å²) in [7, 11) is -3.72. The zero-order valence-electron chi connectivity index (χ0n) is 21.0. The van der Waals surface area contributed by atoms with Crippen molar-refractivity contribution >= 4 is 15.7 Å².